The maximum atomic E-state index is 12.8. The van der Waals surface area contributed by atoms with E-state index in [-0.39, 0.29) is 23.5 Å². The van der Waals surface area contributed by atoms with Crippen LogP contribution in [0.1, 0.15) is 68.6 Å². The first-order valence-corrected chi connectivity index (χ1v) is 10.3. The summed E-state index contributed by atoms with van der Waals surface area (Å²) in [5.41, 5.74) is 1.26. The Labute approximate surface area is 161 Å². The molecule has 0 radical (unpaired) electrons. The van der Waals surface area contributed by atoms with Gasteiger partial charge < -0.3 is 10.2 Å². The molecule has 1 N–H and O–H groups in total. The Morgan fingerprint density at radius 1 is 0.926 bits per heavy atom. The van der Waals surface area contributed by atoms with Gasteiger partial charge in [-0.2, -0.15) is 0 Å². The van der Waals surface area contributed by atoms with Crippen LogP contribution in [0.5, 0.6) is 0 Å². The smallest absolute Gasteiger partial charge is 0.227 e. The Balaban J connectivity index is 1.51. The summed E-state index contributed by atoms with van der Waals surface area (Å²) in [7, 11) is 0. The minimum absolute atomic E-state index is 0.00336. The van der Waals surface area contributed by atoms with Gasteiger partial charge in [0.2, 0.25) is 11.8 Å². The SMILES string of the molecule is CC(=O)c1cccc(NC(=O)C2CCC(C(=O)N3CCCCCC3)CC2)c1. The van der Waals surface area contributed by atoms with E-state index in [1.807, 2.05) is 4.90 Å². The van der Waals surface area contributed by atoms with Gasteiger partial charge in [0.25, 0.3) is 0 Å². The fourth-order valence-electron chi connectivity index (χ4n) is 4.21. The zero-order valence-corrected chi connectivity index (χ0v) is 16.2. The highest BCUT2D eigenvalue weighted by molar-refractivity contribution is 5.97. The maximum Gasteiger partial charge on any atom is 0.227 e. The molecule has 0 spiro atoms. The molecular weight excluding hydrogens is 340 g/mol. The largest absolute Gasteiger partial charge is 0.342 e. The molecule has 2 aliphatic rings. The van der Waals surface area contributed by atoms with Gasteiger partial charge in [0.05, 0.1) is 0 Å². The van der Waals surface area contributed by atoms with Crippen molar-refractivity contribution in [1.82, 2.24) is 4.90 Å². The fourth-order valence-corrected chi connectivity index (χ4v) is 4.21. The van der Waals surface area contributed by atoms with Crippen LogP contribution in [0.15, 0.2) is 24.3 Å². The van der Waals surface area contributed by atoms with Crippen LogP contribution in [0.3, 0.4) is 0 Å². The molecular formula is C22H30N2O3. The van der Waals surface area contributed by atoms with E-state index >= 15 is 0 Å². The summed E-state index contributed by atoms with van der Waals surface area (Å²) in [6, 6.07) is 7.05. The Morgan fingerprint density at radius 2 is 1.56 bits per heavy atom. The Bertz CT molecular complexity index is 685. The van der Waals surface area contributed by atoms with Crippen molar-refractivity contribution in [3.05, 3.63) is 29.8 Å². The molecule has 1 aliphatic heterocycles. The van der Waals surface area contributed by atoms with Crippen molar-refractivity contribution in [2.75, 3.05) is 18.4 Å². The van der Waals surface area contributed by atoms with Crippen molar-refractivity contribution < 1.29 is 14.4 Å². The zero-order valence-electron chi connectivity index (χ0n) is 16.2. The van der Waals surface area contributed by atoms with Crippen LogP contribution in [-0.2, 0) is 9.59 Å². The van der Waals surface area contributed by atoms with E-state index in [4.69, 9.17) is 0 Å². The second kappa shape index (κ2) is 9.16. The molecule has 1 heterocycles. The number of carbonyl (C=O) groups excluding carboxylic acids is 3. The van der Waals surface area contributed by atoms with E-state index in [0.29, 0.717) is 17.2 Å². The normalized spacial score (nSPS) is 23.4. The monoisotopic (exact) mass is 370 g/mol. The number of nitrogens with zero attached hydrogens (tertiary/aromatic N) is 1. The number of anilines is 1. The third-order valence-corrected chi connectivity index (χ3v) is 5.90. The highest BCUT2D eigenvalue weighted by Gasteiger charge is 2.32. The van der Waals surface area contributed by atoms with Crippen LogP contribution < -0.4 is 5.32 Å². The number of Topliss-reactive ketones (excluding diaryl/α,β-unsaturated/α-hetero) is 1. The van der Waals surface area contributed by atoms with Gasteiger partial charge in [-0.1, -0.05) is 25.0 Å². The molecule has 1 saturated heterocycles. The Kier molecular flexibility index (Phi) is 6.64. The van der Waals surface area contributed by atoms with Gasteiger partial charge >= 0.3 is 0 Å². The van der Waals surface area contributed by atoms with Crippen molar-refractivity contribution in [2.24, 2.45) is 11.8 Å². The van der Waals surface area contributed by atoms with E-state index < -0.39 is 0 Å². The number of hydrogen-bond donors (Lipinski definition) is 1. The number of amides is 2. The summed E-state index contributed by atoms with van der Waals surface area (Å²) in [5.74, 6) is 0.298. The predicted octanol–water partition coefficient (Wildman–Crippen LogP) is 4.04. The van der Waals surface area contributed by atoms with E-state index in [1.54, 1.807) is 24.3 Å². The molecule has 2 fully saturated rings. The molecule has 0 aromatic heterocycles. The van der Waals surface area contributed by atoms with Crippen LogP contribution in [0.4, 0.5) is 5.69 Å². The van der Waals surface area contributed by atoms with Gasteiger partial charge in [0.1, 0.15) is 0 Å². The van der Waals surface area contributed by atoms with Crippen LogP contribution in [0, 0.1) is 11.8 Å². The quantitative estimate of drug-likeness (QED) is 0.814. The lowest BCUT2D eigenvalue weighted by atomic mass is 9.81. The molecule has 0 atom stereocenters. The van der Waals surface area contributed by atoms with Crippen molar-refractivity contribution in [1.29, 1.82) is 0 Å². The summed E-state index contributed by atoms with van der Waals surface area (Å²) in [5, 5.41) is 2.94. The van der Waals surface area contributed by atoms with Crippen LogP contribution in [-0.4, -0.2) is 35.6 Å². The topological polar surface area (TPSA) is 66.5 Å². The molecule has 146 valence electrons. The number of nitrogens with one attached hydrogen (secondary N) is 1. The average molecular weight is 370 g/mol. The minimum Gasteiger partial charge on any atom is -0.342 e. The fraction of sp³-hybridized carbons (Fsp3) is 0.591. The van der Waals surface area contributed by atoms with E-state index in [1.165, 1.54) is 19.8 Å². The van der Waals surface area contributed by atoms with Crippen molar-refractivity contribution in [2.45, 2.75) is 58.3 Å². The number of hydrogen-bond acceptors (Lipinski definition) is 3. The first-order chi connectivity index (χ1) is 13.0. The number of benzene rings is 1. The minimum atomic E-state index is -0.0563. The highest BCUT2D eigenvalue weighted by Crippen LogP contribution is 2.31. The molecule has 0 unspecified atom stereocenters. The molecule has 27 heavy (non-hydrogen) atoms. The lowest BCUT2D eigenvalue weighted by molar-refractivity contribution is -0.137. The Hall–Kier alpha value is -2.17. The molecule has 2 amide bonds. The summed E-state index contributed by atoms with van der Waals surface area (Å²) >= 11 is 0. The average Bonchev–Trinajstić information content (AvgIpc) is 2.97. The second-order valence-electron chi connectivity index (χ2n) is 7.91. The number of rotatable bonds is 4. The van der Waals surface area contributed by atoms with Gasteiger partial charge in [-0.25, -0.2) is 0 Å². The number of likely N-dealkylation sites (tertiary alicyclic amines) is 1. The van der Waals surface area contributed by atoms with Crippen LogP contribution in [0.2, 0.25) is 0 Å². The van der Waals surface area contributed by atoms with Gasteiger partial charge in [0.15, 0.2) is 5.78 Å². The molecule has 3 rings (SSSR count). The van der Waals surface area contributed by atoms with Gasteiger partial charge in [-0.15, -0.1) is 0 Å². The van der Waals surface area contributed by atoms with Crippen molar-refractivity contribution in [3.63, 3.8) is 0 Å². The second-order valence-corrected chi connectivity index (χ2v) is 7.91. The zero-order chi connectivity index (χ0) is 19.2. The summed E-state index contributed by atoms with van der Waals surface area (Å²) in [4.78, 5) is 38.9. The molecule has 1 aromatic rings. The number of carbonyl (C=O) groups is 3. The van der Waals surface area contributed by atoms with Crippen molar-refractivity contribution >= 4 is 23.3 Å². The molecule has 5 nitrogen and oxygen atoms in total. The van der Waals surface area contributed by atoms with Gasteiger partial charge in [0, 0.05) is 36.2 Å². The molecule has 0 bridgehead atoms. The maximum absolute atomic E-state index is 12.8. The van der Waals surface area contributed by atoms with E-state index in [0.717, 1.165) is 51.6 Å². The summed E-state index contributed by atoms with van der Waals surface area (Å²) < 4.78 is 0. The molecule has 1 aromatic carbocycles. The summed E-state index contributed by atoms with van der Waals surface area (Å²) in [6.07, 6.45) is 7.77. The number of ketones is 1. The lowest BCUT2D eigenvalue weighted by Crippen LogP contribution is -2.39. The third-order valence-electron chi connectivity index (χ3n) is 5.90. The van der Waals surface area contributed by atoms with E-state index in [2.05, 4.69) is 5.32 Å². The first kappa shape index (κ1) is 19.6. The van der Waals surface area contributed by atoms with Gasteiger partial charge in [-0.3, -0.25) is 14.4 Å². The molecule has 5 heteroatoms. The van der Waals surface area contributed by atoms with Gasteiger partial charge in [-0.05, 0) is 57.6 Å². The molecule has 1 aliphatic carbocycles. The predicted molar refractivity (Wildman–Crippen MR) is 106 cm³/mol. The van der Waals surface area contributed by atoms with Crippen molar-refractivity contribution in [3.8, 4) is 0 Å². The first-order valence-electron chi connectivity index (χ1n) is 10.3. The third kappa shape index (κ3) is 5.18. The lowest BCUT2D eigenvalue weighted by Gasteiger charge is -2.31. The Morgan fingerprint density at radius 3 is 2.19 bits per heavy atom. The highest BCUT2D eigenvalue weighted by atomic mass is 16.2. The molecule has 1 saturated carbocycles. The standard InChI is InChI=1S/C22H30N2O3/c1-16(25)19-7-6-8-20(15-19)23-21(26)17-9-11-18(12-10-17)22(27)24-13-4-2-3-5-14-24/h6-8,15,17-18H,2-5,9-14H2,1H3,(H,23,26). The summed E-state index contributed by atoms with van der Waals surface area (Å²) in [6.45, 7) is 3.31. The van der Waals surface area contributed by atoms with Crippen LogP contribution >= 0.6 is 0 Å². The van der Waals surface area contributed by atoms with Crippen LogP contribution in [0.25, 0.3) is 0 Å². The van der Waals surface area contributed by atoms with E-state index in [9.17, 15) is 14.4 Å².